The molecule has 0 bridgehead atoms. The lowest BCUT2D eigenvalue weighted by Gasteiger charge is -2.32. The number of hydrogen-bond donors (Lipinski definition) is 2. The molecule has 0 aliphatic heterocycles. The van der Waals surface area contributed by atoms with Crippen LogP contribution < -0.4 is 10.6 Å². The van der Waals surface area contributed by atoms with E-state index in [0.29, 0.717) is 24.8 Å². The van der Waals surface area contributed by atoms with Gasteiger partial charge in [-0.1, -0.05) is 0 Å². The summed E-state index contributed by atoms with van der Waals surface area (Å²) in [6, 6.07) is -1.55. The molecule has 0 amide bonds. The number of aliphatic imine (C=N–C) groups is 2. The average Bonchev–Trinajstić information content (AvgIpc) is 2.59. The van der Waals surface area contributed by atoms with Gasteiger partial charge in [0.25, 0.3) is 0 Å². The van der Waals surface area contributed by atoms with Gasteiger partial charge in [0.15, 0.2) is 0 Å². The number of Topliss-reactive ketones (excluding diaryl/α,β-unsaturated/α-hetero) is 2. The minimum absolute atomic E-state index is 0.0433. The van der Waals surface area contributed by atoms with Crippen LogP contribution in [0, 0.1) is 0 Å². The number of rotatable bonds is 10. The van der Waals surface area contributed by atoms with Gasteiger partial charge in [-0.2, -0.15) is 0 Å². The molecule has 0 aromatic rings. The molecular formula is C14H20Cl4N4O2. The fourth-order valence-electron chi connectivity index (χ4n) is 2.29. The molecule has 2 atom stereocenters. The summed E-state index contributed by atoms with van der Waals surface area (Å²) in [4.78, 5) is 33.9. The first-order valence-electron chi connectivity index (χ1n) is 7.50. The van der Waals surface area contributed by atoms with Crippen molar-refractivity contribution in [2.75, 3.05) is 49.7 Å². The standard InChI is InChI=1S/C14H20Cl4N4O2/c15-1-5-19-9-10(20-6-2-16)14(24)12(22-8-4-18)11(13(9)23)21-7-3-17/h9-10,19-20H,1-8H2. The summed E-state index contributed by atoms with van der Waals surface area (Å²) in [5.41, 5.74) is 0.0866. The van der Waals surface area contributed by atoms with Gasteiger partial charge < -0.3 is 10.6 Å². The lowest BCUT2D eigenvalue weighted by atomic mass is 9.84. The Morgan fingerprint density at radius 2 is 1.08 bits per heavy atom. The molecule has 1 rings (SSSR count). The van der Waals surface area contributed by atoms with E-state index in [-0.39, 0.29) is 47.8 Å². The highest BCUT2D eigenvalue weighted by atomic mass is 35.5. The maximum absolute atomic E-state index is 12.8. The largest absolute Gasteiger partial charge is 0.304 e. The van der Waals surface area contributed by atoms with Crippen LogP contribution in [0.3, 0.4) is 0 Å². The minimum Gasteiger partial charge on any atom is -0.304 e. The zero-order chi connectivity index (χ0) is 17.9. The van der Waals surface area contributed by atoms with E-state index >= 15 is 0 Å². The molecule has 1 fully saturated rings. The van der Waals surface area contributed by atoms with Gasteiger partial charge in [-0.15, -0.1) is 46.4 Å². The monoisotopic (exact) mass is 416 g/mol. The number of nitrogens with zero attached hydrogens (tertiary/aromatic N) is 2. The number of carbonyl (C=O) groups excluding carboxylic acids is 2. The summed E-state index contributed by atoms with van der Waals surface area (Å²) in [6.07, 6.45) is 0. The zero-order valence-electron chi connectivity index (χ0n) is 13.0. The van der Waals surface area contributed by atoms with E-state index in [0.717, 1.165) is 0 Å². The molecule has 0 spiro atoms. The van der Waals surface area contributed by atoms with Crippen molar-refractivity contribution in [3.05, 3.63) is 0 Å². The lowest BCUT2D eigenvalue weighted by molar-refractivity contribution is -0.122. The summed E-state index contributed by atoms with van der Waals surface area (Å²) in [7, 11) is 0. The van der Waals surface area contributed by atoms with Crippen LogP contribution in [-0.4, -0.2) is 84.8 Å². The molecule has 10 heteroatoms. The second kappa shape index (κ2) is 12.2. The molecule has 1 aliphatic carbocycles. The van der Waals surface area contributed by atoms with Crippen molar-refractivity contribution in [1.29, 1.82) is 0 Å². The number of ketones is 2. The Morgan fingerprint density at radius 1 is 0.708 bits per heavy atom. The summed E-state index contributed by atoms with van der Waals surface area (Å²) in [5, 5.41) is 5.98. The third-order valence-electron chi connectivity index (χ3n) is 3.22. The van der Waals surface area contributed by atoms with Gasteiger partial charge in [0.1, 0.15) is 11.4 Å². The Hall–Kier alpha value is -0.240. The second-order valence-corrected chi connectivity index (χ2v) is 6.32. The van der Waals surface area contributed by atoms with E-state index in [4.69, 9.17) is 46.4 Å². The summed E-state index contributed by atoms with van der Waals surface area (Å²) in [6.45, 7) is 1.19. The van der Waals surface area contributed by atoms with Crippen molar-refractivity contribution in [3.63, 3.8) is 0 Å². The number of hydrogen-bond acceptors (Lipinski definition) is 6. The van der Waals surface area contributed by atoms with Crippen LogP contribution in [0.25, 0.3) is 0 Å². The first kappa shape index (κ1) is 21.8. The predicted octanol–water partition coefficient (Wildman–Crippen LogP) is 0.892. The average molecular weight is 418 g/mol. The quantitative estimate of drug-likeness (QED) is 0.517. The van der Waals surface area contributed by atoms with E-state index < -0.39 is 12.1 Å². The Balaban J connectivity index is 3.20. The molecule has 24 heavy (non-hydrogen) atoms. The molecule has 6 nitrogen and oxygen atoms in total. The number of carbonyl (C=O) groups is 2. The smallest absolute Gasteiger partial charge is 0.201 e. The first-order valence-corrected chi connectivity index (χ1v) is 9.64. The summed E-state index contributed by atoms with van der Waals surface area (Å²) < 4.78 is 0. The molecule has 0 aromatic heterocycles. The highest BCUT2D eigenvalue weighted by Crippen LogP contribution is 2.12. The molecule has 1 saturated carbocycles. The van der Waals surface area contributed by atoms with Crippen LogP contribution in [0.1, 0.15) is 0 Å². The van der Waals surface area contributed by atoms with Crippen molar-refractivity contribution in [2.45, 2.75) is 12.1 Å². The molecule has 0 aromatic carbocycles. The van der Waals surface area contributed by atoms with Gasteiger partial charge in [0, 0.05) is 36.6 Å². The Kier molecular flexibility index (Phi) is 11.1. The van der Waals surface area contributed by atoms with Crippen molar-refractivity contribution in [2.24, 2.45) is 9.98 Å². The van der Waals surface area contributed by atoms with Gasteiger partial charge in [-0.3, -0.25) is 19.6 Å². The Morgan fingerprint density at radius 3 is 1.38 bits per heavy atom. The van der Waals surface area contributed by atoms with Crippen LogP contribution in [-0.2, 0) is 9.59 Å². The summed E-state index contributed by atoms with van der Waals surface area (Å²) in [5.74, 6) is 0.460. The van der Waals surface area contributed by atoms with Crippen LogP contribution >= 0.6 is 46.4 Å². The SMILES string of the molecule is O=C1C(=NCCCl)C(=NCCCl)C(=O)C(NCCCl)C1NCCCl. The van der Waals surface area contributed by atoms with E-state index in [1.165, 1.54) is 0 Å². The van der Waals surface area contributed by atoms with Crippen molar-refractivity contribution < 1.29 is 9.59 Å². The molecule has 0 radical (unpaired) electrons. The van der Waals surface area contributed by atoms with Gasteiger partial charge in [0.05, 0.1) is 25.2 Å². The van der Waals surface area contributed by atoms with Gasteiger partial charge in [-0.05, 0) is 0 Å². The van der Waals surface area contributed by atoms with E-state index in [1.54, 1.807) is 0 Å². The topological polar surface area (TPSA) is 82.9 Å². The fraction of sp³-hybridized carbons (Fsp3) is 0.714. The van der Waals surface area contributed by atoms with E-state index in [1.807, 2.05) is 0 Å². The third-order valence-corrected chi connectivity index (χ3v) is 3.93. The Bertz CT molecular complexity index is 455. The molecule has 0 saturated heterocycles. The van der Waals surface area contributed by atoms with Crippen LogP contribution in [0.5, 0.6) is 0 Å². The number of nitrogens with one attached hydrogen (secondary N) is 2. The third kappa shape index (κ3) is 5.93. The molecule has 1 aliphatic rings. The normalized spacial score (nSPS) is 25.0. The van der Waals surface area contributed by atoms with Crippen molar-refractivity contribution in [3.8, 4) is 0 Å². The molecule has 2 unspecified atom stereocenters. The minimum atomic E-state index is -0.775. The van der Waals surface area contributed by atoms with Crippen LogP contribution in [0.4, 0.5) is 0 Å². The predicted molar refractivity (Wildman–Crippen MR) is 101 cm³/mol. The zero-order valence-corrected chi connectivity index (χ0v) is 16.1. The van der Waals surface area contributed by atoms with E-state index in [9.17, 15) is 9.59 Å². The highest BCUT2D eigenvalue weighted by Gasteiger charge is 2.45. The maximum atomic E-state index is 12.8. The molecular weight excluding hydrogens is 398 g/mol. The summed E-state index contributed by atoms with van der Waals surface area (Å²) >= 11 is 22.7. The lowest BCUT2D eigenvalue weighted by Crippen LogP contribution is -2.65. The maximum Gasteiger partial charge on any atom is 0.201 e. The highest BCUT2D eigenvalue weighted by molar-refractivity contribution is 6.84. The van der Waals surface area contributed by atoms with Crippen LogP contribution in [0.15, 0.2) is 9.98 Å². The van der Waals surface area contributed by atoms with Gasteiger partial charge >= 0.3 is 0 Å². The van der Waals surface area contributed by atoms with Gasteiger partial charge in [-0.25, -0.2) is 0 Å². The van der Waals surface area contributed by atoms with Crippen LogP contribution in [0.2, 0.25) is 0 Å². The Labute approximate surface area is 161 Å². The number of alkyl halides is 4. The molecule has 136 valence electrons. The second-order valence-electron chi connectivity index (χ2n) is 4.81. The van der Waals surface area contributed by atoms with Gasteiger partial charge in [0.2, 0.25) is 11.6 Å². The van der Waals surface area contributed by atoms with Crippen molar-refractivity contribution in [1.82, 2.24) is 10.6 Å². The van der Waals surface area contributed by atoms with E-state index in [2.05, 4.69) is 20.6 Å². The first-order chi connectivity index (χ1) is 11.6. The van der Waals surface area contributed by atoms with Crippen molar-refractivity contribution >= 4 is 69.4 Å². The molecule has 2 N–H and O–H groups in total. The molecule has 0 heterocycles. The fourth-order valence-corrected chi connectivity index (χ4v) is 2.67. The number of halogens is 4.